The monoisotopic (exact) mass is 162 g/mol. The Morgan fingerprint density at radius 1 is 1.58 bits per heavy atom. The van der Waals surface area contributed by atoms with Gasteiger partial charge >= 0.3 is 0 Å². The first-order valence-electron chi connectivity index (χ1n) is 4.36. The minimum Gasteiger partial charge on any atom is -0.282 e. The number of H-pyrrole nitrogens is 1. The van der Waals surface area contributed by atoms with Gasteiger partial charge in [0.15, 0.2) is 0 Å². The lowest BCUT2D eigenvalue weighted by molar-refractivity contribution is 0.646. The first-order valence-corrected chi connectivity index (χ1v) is 4.36. The fraction of sp³-hybridized carbons (Fsp3) is 0.500. The molecule has 0 unspecified atom stereocenters. The maximum Gasteiger partial charge on any atom is 0.0663 e. The van der Waals surface area contributed by atoms with Crippen LogP contribution >= 0.6 is 0 Å². The maximum absolute atomic E-state index is 4.26. The Morgan fingerprint density at radius 3 is 2.92 bits per heavy atom. The molecule has 0 radical (unpaired) electrons. The highest BCUT2D eigenvalue weighted by Gasteiger charge is 2.25. The summed E-state index contributed by atoms with van der Waals surface area (Å²) < 4.78 is 0. The van der Waals surface area contributed by atoms with Crippen LogP contribution in [0, 0.1) is 12.8 Å². The van der Waals surface area contributed by atoms with Gasteiger partial charge in [0.1, 0.15) is 0 Å². The highest BCUT2D eigenvalue weighted by molar-refractivity contribution is 5.32. The number of aryl methyl sites for hydroxylation is 1. The molecular formula is C10H14N2. The average molecular weight is 162 g/mol. The Bertz CT molecular complexity index is 323. The molecular weight excluding hydrogens is 148 g/mol. The van der Waals surface area contributed by atoms with E-state index in [1.165, 1.54) is 22.5 Å². The fourth-order valence-electron chi connectivity index (χ4n) is 1.84. The molecule has 1 aliphatic carbocycles. The molecule has 1 aromatic rings. The number of nitrogens with zero attached hydrogens (tertiary/aromatic N) is 1. The van der Waals surface area contributed by atoms with Crippen LogP contribution in [0.4, 0.5) is 0 Å². The first-order chi connectivity index (χ1) is 5.68. The molecule has 1 heterocycles. The van der Waals surface area contributed by atoms with Crippen LogP contribution in [0.2, 0.25) is 0 Å². The summed E-state index contributed by atoms with van der Waals surface area (Å²) in [6, 6.07) is 0. The topological polar surface area (TPSA) is 28.7 Å². The van der Waals surface area contributed by atoms with E-state index in [2.05, 4.69) is 30.6 Å². The molecule has 1 aliphatic rings. The van der Waals surface area contributed by atoms with Gasteiger partial charge < -0.3 is 0 Å². The number of hydrogen-bond acceptors (Lipinski definition) is 1. The number of aromatic nitrogens is 2. The molecule has 0 fully saturated rings. The molecule has 0 aromatic carbocycles. The zero-order chi connectivity index (χ0) is 8.72. The van der Waals surface area contributed by atoms with Gasteiger partial charge in [0.2, 0.25) is 0 Å². The summed E-state index contributed by atoms with van der Waals surface area (Å²) >= 11 is 0. The number of rotatable bonds is 1. The van der Waals surface area contributed by atoms with Gasteiger partial charge in [-0.1, -0.05) is 12.2 Å². The molecule has 0 saturated heterocycles. The van der Waals surface area contributed by atoms with Crippen molar-refractivity contribution < 1.29 is 0 Å². The molecule has 0 saturated carbocycles. The molecule has 2 nitrogen and oxygen atoms in total. The largest absolute Gasteiger partial charge is 0.282 e. The highest BCUT2D eigenvalue weighted by atomic mass is 15.1. The van der Waals surface area contributed by atoms with Crippen LogP contribution in [-0.2, 0) is 12.8 Å². The molecule has 0 amide bonds. The van der Waals surface area contributed by atoms with Crippen molar-refractivity contribution in [3.63, 3.8) is 0 Å². The van der Waals surface area contributed by atoms with E-state index in [4.69, 9.17) is 0 Å². The Balaban J connectivity index is 2.28. The van der Waals surface area contributed by atoms with Crippen molar-refractivity contribution in [3.05, 3.63) is 29.1 Å². The molecule has 2 heteroatoms. The zero-order valence-electron chi connectivity index (χ0n) is 7.65. The van der Waals surface area contributed by atoms with Crippen LogP contribution in [0.3, 0.4) is 0 Å². The Hall–Kier alpha value is -1.05. The molecule has 0 spiro atoms. The van der Waals surface area contributed by atoms with Gasteiger partial charge in [-0.2, -0.15) is 5.10 Å². The second kappa shape index (κ2) is 2.47. The minimum atomic E-state index is 0.635. The van der Waals surface area contributed by atoms with Crippen LogP contribution in [0.1, 0.15) is 23.9 Å². The number of allylic oxidation sites excluding steroid dienone is 1. The quantitative estimate of drug-likeness (QED) is 0.629. The molecule has 2 rings (SSSR count). The van der Waals surface area contributed by atoms with Crippen LogP contribution in [0.25, 0.3) is 0 Å². The van der Waals surface area contributed by atoms with E-state index in [9.17, 15) is 0 Å². The Kier molecular flexibility index (Phi) is 1.56. The van der Waals surface area contributed by atoms with E-state index in [0.717, 1.165) is 12.8 Å². The van der Waals surface area contributed by atoms with Crippen molar-refractivity contribution in [1.82, 2.24) is 10.2 Å². The molecule has 1 atom stereocenters. The van der Waals surface area contributed by atoms with Crippen molar-refractivity contribution in [2.24, 2.45) is 5.92 Å². The van der Waals surface area contributed by atoms with Crippen molar-refractivity contribution in [2.45, 2.75) is 26.7 Å². The standard InChI is InChI=1S/C10H14N2/c1-6(2)8-4-9-7(3)11-12-10(9)5-8/h8H,1,4-5H2,2-3H3,(H,11,12)/t8-/m1/s1. The smallest absolute Gasteiger partial charge is 0.0663 e. The summed E-state index contributed by atoms with van der Waals surface area (Å²) in [5.74, 6) is 0.635. The molecule has 1 aromatic heterocycles. The SMILES string of the molecule is C=C(C)[C@H]1Cc2n[nH]c(C)c2C1. The van der Waals surface area contributed by atoms with E-state index in [-0.39, 0.29) is 0 Å². The predicted octanol–water partition coefficient (Wildman–Crippen LogP) is 2.01. The molecule has 0 bridgehead atoms. The molecule has 1 N–H and O–H groups in total. The maximum atomic E-state index is 4.26. The van der Waals surface area contributed by atoms with Gasteiger partial charge in [0.25, 0.3) is 0 Å². The number of nitrogens with one attached hydrogen (secondary N) is 1. The zero-order valence-corrected chi connectivity index (χ0v) is 7.65. The van der Waals surface area contributed by atoms with Crippen molar-refractivity contribution in [3.8, 4) is 0 Å². The van der Waals surface area contributed by atoms with Gasteiger partial charge in [-0.05, 0) is 38.2 Å². The Labute approximate surface area is 72.7 Å². The molecule has 64 valence electrons. The second-order valence-electron chi connectivity index (χ2n) is 3.73. The van der Waals surface area contributed by atoms with Gasteiger partial charge in [0, 0.05) is 5.69 Å². The van der Waals surface area contributed by atoms with Gasteiger partial charge in [-0.15, -0.1) is 0 Å². The summed E-state index contributed by atoms with van der Waals surface area (Å²) in [5, 5.41) is 7.28. The normalized spacial score (nSPS) is 21.0. The van der Waals surface area contributed by atoms with Crippen LogP contribution < -0.4 is 0 Å². The fourth-order valence-corrected chi connectivity index (χ4v) is 1.84. The summed E-state index contributed by atoms with van der Waals surface area (Å²) in [7, 11) is 0. The summed E-state index contributed by atoms with van der Waals surface area (Å²) in [4.78, 5) is 0. The summed E-state index contributed by atoms with van der Waals surface area (Å²) in [6.07, 6.45) is 2.21. The third-order valence-corrected chi connectivity index (χ3v) is 2.75. The van der Waals surface area contributed by atoms with E-state index >= 15 is 0 Å². The van der Waals surface area contributed by atoms with E-state index in [1.807, 2.05) is 0 Å². The lowest BCUT2D eigenvalue weighted by Gasteiger charge is -2.06. The Morgan fingerprint density at radius 2 is 2.33 bits per heavy atom. The first kappa shape index (κ1) is 7.59. The lowest BCUT2D eigenvalue weighted by atomic mass is 9.99. The van der Waals surface area contributed by atoms with E-state index < -0.39 is 0 Å². The van der Waals surface area contributed by atoms with Crippen LogP contribution in [0.5, 0.6) is 0 Å². The van der Waals surface area contributed by atoms with Gasteiger partial charge in [-0.3, -0.25) is 5.10 Å². The van der Waals surface area contributed by atoms with E-state index in [1.54, 1.807) is 0 Å². The molecule has 0 aliphatic heterocycles. The second-order valence-corrected chi connectivity index (χ2v) is 3.73. The third kappa shape index (κ3) is 0.986. The number of hydrogen-bond donors (Lipinski definition) is 1. The van der Waals surface area contributed by atoms with Crippen molar-refractivity contribution >= 4 is 0 Å². The van der Waals surface area contributed by atoms with Gasteiger partial charge in [0.05, 0.1) is 5.69 Å². The van der Waals surface area contributed by atoms with Crippen LogP contribution in [-0.4, -0.2) is 10.2 Å². The third-order valence-electron chi connectivity index (χ3n) is 2.75. The van der Waals surface area contributed by atoms with Crippen LogP contribution in [0.15, 0.2) is 12.2 Å². The predicted molar refractivity (Wildman–Crippen MR) is 49.0 cm³/mol. The van der Waals surface area contributed by atoms with Crippen molar-refractivity contribution in [2.75, 3.05) is 0 Å². The lowest BCUT2D eigenvalue weighted by Crippen LogP contribution is -2.01. The minimum absolute atomic E-state index is 0.635. The molecule has 12 heavy (non-hydrogen) atoms. The average Bonchev–Trinajstić information content (AvgIpc) is 2.53. The summed E-state index contributed by atoms with van der Waals surface area (Å²) in [5.41, 5.74) is 5.18. The summed E-state index contributed by atoms with van der Waals surface area (Å²) in [6.45, 7) is 8.19. The van der Waals surface area contributed by atoms with E-state index in [0.29, 0.717) is 5.92 Å². The number of fused-ring (bicyclic) bond motifs is 1. The van der Waals surface area contributed by atoms with Crippen molar-refractivity contribution in [1.29, 1.82) is 0 Å². The highest BCUT2D eigenvalue weighted by Crippen LogP contribution is 2.30. The number of aromatic amines is 1. The van der Waals surface area contributed by atoms with Gasteiger partial charge in [-0.25, -0.2) is 0 Å².